The summed E-state index contributed by atoms with van der Waals surface area (Å²) in [6, 6.07) is 0.622. The first-order valence-corrected chi connectivity index (χ1v) is 8.08. The molecule has 0 spiro atoms. The molecule has 20 heavy (non-hydrogen) atoms. The van der Waals surface area contributed by atoms with Gasteiger partial charge in [-0.3, -0.25) is 0 Å². The van der Waals surface area contributed by atoms with Crippen LogP contribution in [0, 0.1) is 5.92 Å². The van der Waals surface area contributed by atoms with Crippen molar-refractivity contribution in [3.8, 4) is 0 Å². The highest BCUT2D eigenvalue weighted by Crippen LogP contribution is 2.33. The third-order valence-corrected chi connectivity index (χ3v) is 3.56. The van der Waals surface area contributed by atoms with Crippen LogP contribution in [0.1, 0.15) is 60.3 Å². The number of rotatable bonds is 8. The molecule has 1 unspecified atom stereocenters. The van der Waals surface area contributed by atoms with Crippen LogP contribution in [0.3, 0.4) is 0 Å². The zero-order chi connectivity index (χ0) is 15.2. The average molecular weight is 284 g/mol. The highest BCUT2D eigenvalue weighted by atomic mass is 16.6. The molecule has 0 aromatic carbocycles. The number of carbonyl (C=O) groups is 1. The average Bonchev–Trinajstić information content (AvgIpc) is 3.15. The van der Waals surface area contributed by atoms with Gasteiger partial charge in [0.25, 0.3) is 0 Å². The van der Waals surface area contributed by atoms with Gasteiger partial charge in [0.15, 0.2) is 0 Å². The van der Waals surface area contributed by atoms with Gasteiger partial charge in [-0.1, -0.05) is 13.8 Å². The Morgan fingerprint density at radius 1 is 1.30 bits per heavy atom. The zero-order valence-corrected chi connectivity index (χ0v) is 13.9. The fraction of sp³-hybridized carbons (Fsp3) is 0.938. The van der Waals surface area contributed by atoms with Gasteiger partial charge in [-0.25, -0.2) is 4.79 Å². The minimum absolute atomic E-state index is 0.194. The predicted molar refractivity (Wildman–Crippen MR) is 82.9 cm³/mol. The number of carbonyl (C=O) groups excluding carboxylic acids is 1. The van der Waals surface area contributed by atoms with Crippen LogP contribution in [-0.4, -0.2) is 42.3 Å². The van der Waals surface area contributed by atoms with Gasteiger partial charge in [-0.15, -0.1) is 0 Å². The van der Waals surface area contributed by atoms with E-state index in [0.717, 1.165) is 32.0 Å². The summed E-state index contributed by atoms with van der Waals surface area (Å²) in [5, 5.41) is 3.59. The number of ether oxygens (including phenoxy) is 1. The van der Waals surface area contributed by atoms with Crippen molar-refractivity contribution >= 4 is 6.09 Å². The summed E-state index contributed by atoms with van der Waals surface area (Å²) in [5.41, 5.74) is -0.420. The fourth-order valence-electron chi connectivity index (χ4n) is 2.42. The Labute approximate surface area is 124 Å². The summed E-state index contributed by atoms with van der Waals surface area (Å²) < 4.78 is 5.46. The first-order valence-electron chi connectivity index (χ1n) is 8.08. The molecule has 0 radical (unpaired) electrons. The molecule has 1 aliphatic carbocycles. The smallest absolute Gasteiger partial charge is 0.410 e. The molecular weight excluding hydrogens is 252 g/mol. The van der Waals surface area contributed by atoms with Crippen molar-refractivity contribution in [3.05, 3.63) is 0 Å². The van der Waals surface area contributed by atoms with Gasteiger partial charge in [0.05, 0.1) is 0 Å². The van der Waals surface area contributed by atoms with E-state index in [-0.39, 0.29) is 6.09 Å². The van der Waals surface area contributed by atoms with Crippen molar-refractivity contribution < 1.29 is 9.53 Å². The fourth-order valence-corrected chi connectivity index (χ4v) is 2.42. The van der Waals surface area contributed by atoms with Crippen LogP contribution in [0.5, 0.6) is 0 Å². The molecule has 0 aromatic rings. The van der Waals surface area contributed by atoms with Crippen LogP contribution < -0.4 is 5.32 Å². The van der Waals surface area contributed by atoms with Crippen molar-refractivity contribution in [2.24, 2.45) is 5.92 Å². The lowest BCUT2D eigenvalue weighted by molar-refractivity contribution is 0.0250. The molecule has 1 rings (SSSR count). The monoisotopic (exact) mass is 284 g/mol. The highest BCUT2D eigenvalue weighted by molar-refractivity contribution is 5.68. The summed E-state index contributed by atoms with van der Waals surface area (Å²) in [4.78, 5) is 13.9. The summed E-state index contributed by atoms with van der Waals surface area (Å²) in [5.74, 6) is 0.862. The van der Waals surface area contributed by atoms with E-state index >= 15 is 0 Å². The van der Waals surface area contributed by atoms with Crippen LogP contribution in [0.25, 0.3) is 0 Å². The predicted octanol–water partition coefficient (Wildman–Crippen LogP) is 3.41. The maximum Gasteiger partial charge on any atom is 0.410 e. The van der Waals surface area contributed by atoms with Crippen molar-refractivity contribution in [1.82, 2.24) is 10.2 Å². The molecule has 1 aliphatic rings. The molecule has 0 aromatic heterocycles. The quantitative estimate of drug-likeness (QED) is 0.742. The first-order chi connectivity index (χ1) is 9.37. The Morgan fingerprint density at radius 2 is 1.95 bits per heavy atom. The van der Waals surface area contributed by atoms with Gasteiger partial charge in [0.2, 0.25) is 0 Å². The summed E-state index contributed by atoms with van der Waals surface area (Å²) >= 11 is 0. The number of nitrogens with one attached hydrogen (secondary N) is 1. The number of hydrogen-bond donors (Lipinski definition) is 1. The number of amides is 1. The third kappa shape index (κ3) is 6.60. The Bertz CT molecular complexity index is 295. The molecule has 1 atom stereocenters. The van der Waals surface area contributed by atoms with Crippen molar-refractivity contribution in [1.29, 1.82) is 0 Å². The molecule has 0 saturated heterocycles. The van der Waals surface area contributed by atoms with E-state index in [9.17, 15) is 4.79 Å². The lowest BCUT2D eigenvalue weighted by Gasteiger charge is -2.28. The van der Waals surface area contributed by atoms with Gasteiger partial charge >= 0.3 is 6.09 Å². The Morgan fingerprint density at radius 3 is 2.40 bits per heavy atom. The van der Waals surface area contributed by atoms with Crippen LogP contribution in [-0.2, 0) is 4.74 Å². The van der Waals surface area contributed by atoms with E-state index in [2.05, 4.69) is 19.2 Å². The Hall–Kier alpha value is -0.770. The van der Waals surface area contributed by atoms with Gasteiger partial charge < -0.3 is 15.0 Å². The SMILES string of the molecule is CCCN(CCNC(CC)C1CC1)C(=O)OC(C)(C)C. The van der Waals surface area contributed by atoms with Crippen LogP contribution in [0.15, 0.2) is 0 Å². The Balaban J connectivity index is 2.35. The van der Waals surface area contributed by atoms with Crippen LogP contribution >= 0.6 is 0 Å². The van der Waals surface area contributed by atoms with E-state index in [1.165, 1.54) is 19.3 Å². The second-order valence-corrected chi connectivity index (χ2v) is 6.77. The van der Waals surface area contributed by atoms with Crippen molar-refractivity contribution in [2.45, 2.75) is 71.9 Å². The molecule has 1 amide bonds. The van der Waals surface area contributed by atoms with Gasteiger partial charge in [-0.2, -0.15) is 0 Å². The van der Waals surface area contributed by atoms with Gasteiger partial charge in [-0.05, 0) is 52.4 Å². The molecule has 1 saturated carbocycles. The Kier molecular flexibility index (Phi) is 6.80. The summed E-state index contributed by atoms with van der Waals surface area (Å²) in [7, 11) is 0. The molecule has 1 fully saturated rings. The van der Waals surface area contributed by atoms with Crippen LogP contribution in [0.4, 0.5) is 4.79 Å². The normalized spacial score (nSPS) is 16.9. The molecular formula is C16H32N2O2. The second kappa shape index (κ2) is 7.87. The standard InChI is InChI=1S/C16H32N2O2/c1-6-11-18(15(19)20-16(3,4)5)12-10-17-14(7-2)13-8-9-13/h13-14,17H,6-12H2,1-5H3. The molecule has 0 heterocycles. The molecule has 4 nitrogen and oxygen atoms in total. The van der Waals surface area contributed by atoms with E-state index in [1.54, 1.807) is 0 Å². The van der Waals surface area contributed by atoms with E-state index in [0.29, 0.717) is 6.04 Å². The molecule has 1 N–H and O–H groups in total. The minimum atomic E-state index is -0.420. The maximum absolute atomic E-state index is 12.1. The topological polar surface area (TPSA) is 41.6 Å². The molecule has 0 bridgehead atoms. The summed E-state index contributed by atoms with van der Waals surface area (Å²) in [6.45, 7) is 12.4. The molecule has 4 heteroatoms. The number of nitrogens with zero attached hydrogens (tertiary/aromatic N) is 1. The lowest BCUT2D eigenvalue weighted by Crippen LogP contribution is -2.43. The van der Waals surface area contributed by atoms with E-state index in [1.807, 2.05) is 25.7 Å². The highest BCUT2D eigenvalue weighted by Gasteiger charge is 2.29. The lowest BCUT2D eigenvalue weighted by atomic mass is 10.1. The van der Waals surface area contributed by atoms with Crippen molar-refractivity contribution in [3.63, 3.8) is 0 Å². The van der Waals surface area contributed by atoms with E-state index < -0.39 is 5.60 Å². The largest absolute Gasteiger partial charge is 0.444 e. The maximum atomic E-state index is 12.1. The van der Waals surface area contributed by atoms with Crippen LogP contribution in [0.2, 0.25) is 0 Å². The van der Waals surface area contributed by atoms with Gasteiger partial charge in [0.1, 0.15) is 5.60 Å². The zero-order valence-electron chi connectivity index (χ0n) is 13.9. The minimum Gasteiger partial charge on any atom is -0.444 e. The molecule has 118 valence electrons. The first kappa shape index (κ1) is 17.3. The van der Waals surface area contributed by atoms with E-state index in [4.69, 9.17) is 4.74 Å². The third-order valence-electron chi connectivity index (χ3n) is 3.56. The second-order valence-electron chi connectivity index (χ2n) is 6.77. The van der Waals surface area contributed by atoms with Crippen molar-refractivity contribution in [2.75, 3.05) is 19.6 Å². The molecule has 0 aliphatic heterocycles. The summed E-state index contributed by atoms with van der Waals surface area (Å²) in [6.07, 6.45) is 4.65. The number of hydrogen-bond acceptors (Lipinski definition) is 3. The van der Waals surface area contributed by atoms with Gasteiger partial charge in [0, 0.05) is 25.7 Å².